The second-order valence-electron chi connectivity index (χ2n) is 5.79. The largest absolute Gasteiger partial charge is 0.486 e. The van der Waals surface area contributed by atoms with Crippen LogP contribution in [0, 0.1) is 0 Å². The molecule has 126 valence electrons. The van der Waals surface area contributed by atoms with Crippen molar-refractivity contribution in [3.05, 3.63) is 54.6 Å². The lowest BCUT2D eigenvalue weighted by molar-refractivity contribution is -0.138. The fourth-order valence-corrected chi connectivity index (χ4v) is 2.61. The van der Waals surface area contributed by atoms with Crippen LogP contribution in [0.3, 0.4) is 0 Å². The van der Waals surface area contributed by atoms with E-state index >= 15 is 0 Å². The van der Waals surface area contributed by atoms with E-state index in [1.807, 2.05) is 54.6 Å². The number of rotatable bonds is 5. The maximum Gasteiger partial charge on any atom is 0.263 e. The first kappa shape index (κ1) is 16.2. The first-order valence-electron chi connectivity index (χ1n) is 7.98. The molecule has 0 N–H and O–H groups in total. The molecule has 3 rings (SSSR count). The maximum atomic E-state index is 12.5. The molecule has 0 saturated heterocycles. The summed E-state index contributed by atoms with van der Waals surface area (Å²) in [6, 6.07) is 16.9. The monoisotopic (exact) mass is 327 g/mol. The highest BCUT2D eigenvalue weighted by Gasteiger charge is 2.26. The van der Waals surface area contributed by atoms with Crippen molar-refractivity contribution in [1.82, 2.24) is 4.90 Å². The van der Waals surface area contributed by atoms with Gasteiger partial charge < -0.3 is 19.1 Å². The summed E-state index contributed by atoms with van der Waals surface area (Å²) in [4.78, 5) is 14.1. The molecule has 2 aromatic rings. The van der Waals surface area contributed by atoms with Gasteiger partial charge in [-0.1, -0.05) is 30.3 Å². The highest BCUT2D eigenvalue weighted by Crippen LogP contribution is 2.31. The average Bonchev–Trinajstić information content (AvgIpc) is 2.61. The van der Waals surface area contributed by atoms with Crippen molar-refractivity contribution in [3.8, 4) is 17.2 Å². The maximum absolute atomic E-state index is 12.5. The minimum absolute atomic E-state index is 0.0960. The highest BCUT2D eigenvalue weighted by molar-refractivity contribution is 5.80. The number of nitrogens with zero attached hydrogens (tertiary/aromatic N) is 1. The number of carbonyl (C=O) groups is 1. The summed E-state index contributed by atoms with van der Waals surface area (Å²) >= 11 is 0. The van der Waals surface area contributed by atoms with Crippen LogP contribution >= 0.6 is 0 Å². The Labute approximate surface area is 141 Å². The van der Waals surface area contributed by atoms with E-state index in [4.69, 9.17) is 14.2 Å². The second-order valence-corrected chi connectivity index (χ2v) is 5.79. The molecule has 5 nitrogen and oxygen atoms in total. The van der Waals surface area contributed by atoms with Gasteiger partial charge in [-0.25, -0.2) is 0 Å². The summed E-state index contributed by atoms with van der Waals surface area (Å²) in [5.74, 6) is 2.03. The molecule has 0 aliphatic carbocycles. The summed E-state index contributed by atoms with van der Waals surface area (Å²) in [6.45, 7) is 2.61. The molecule has 1 heterocycles. The third kappa shape index (κ3) is 3.79. The van der Waals surface area contributed by atoms with Gasteiger partial charge in [-0.3, -0.25) is 4.79 Å². The van der Waals surface area contributed by atoms with Crippen LogP contribution < -0.4 is 14.2 Å². The Kier molecular flexibility index (Phi) is 4.89. The van der Waals surface area contributed by atoms with Crippen LogP contribution in [0.25, 0.3) is 0 Å². The average molecular weight is 327 g/mol. The van der Waals surface area contributed by atoms with E-state index in [9.17, 15) is 4.79 Å². The molecular formula is C19H21NO4. The van der Waals surface area contributed by atoms with Crippen molar-refractivity contribution in [2.45, 2.75) is 19.1 Å². The predicted octanol–water partition coefficient (Wildman–Crippen LogP) is 2.75. The number of ether oxygens (including phenoxy) is 3. The van der Waals surface area contributed by atoms with Gasteiger partial charge in [0.1, 0.15) is 12.4 Å². The molecule has 0 saturated carbocycles. The fourth-order valence-electron chi connectivity index (χ4n) is 2.61. The molecular weight excluding hydrogens is 306 g/mol. The van der Waals surface area contributed by atoms with Crippen molar-refractivity contribution in [2.24, 2.45) is 0 Å². The quantitative estimate of drug-likeness (QED) is 0.847. The standard InChI is InChI=1S/C19H21NO4/c1-14(23-15-8-4-3-5-9-15)19(21)20(2)12-16-13-22-17-10-6-7-11-18(17)24-16/h3-11,14,16H,12-13H2,1-2H3. The highest BCUT2D eigenvalue weighted by atomic mass is 16.6. The number of amides is 1. The number of fused-ring (bicyclic) bond motifs is 1. The minimum atomic E-state index is -0.561. The summed E-state index contributed by atoms with van der Waals surface area (Å²) in [5, 5.41) is 0. The third-order valence-electron chi connectivity index (χ3n) is 3.83. The van der Waals surface area contributed by atoms with E-state index in [1.54, 1.807) is 18.9 Å². The van der Waals surface area contributed by atoms with Gasteiger partial charge in [0.05, 0.1) is 6.54 Å². The van der Waals surface area contributed by atoms with Crippen LogP contribution in [0.5, 0.6) is 17.2 Å². The third-order valence-corrected chi connectivity index (χ3v) is 3.83. The normalized spacial score (nSPS) is 17.0. The zero-order valence-electron chi connectivity index (χ0n) is 13.8. The summed E-state index contributed by atoms with van der Waals surface area (Å²) in [6.07, 6.45) is -0.757. The van der Waals surface area contributed by atoms with Crippen molar-refractivity contribution < 1.29 is 19.0 Å². The topological polar surface area (TPSA) is 48.0 Å². The van der Waals surface area contributed by atoms with Gasteiger partial charge >= 0.3 is 0 Å². The van der Waals surface area contributed by atoms with Crippen molar-refractivity contribution in [2.75, 3.05) is 20.2 Å². The van der Waals surface area contributed by atoms with E-state index in [1.165, 1.54) is 0 Å². The van der Waals surface area contributed by atoms with Crippen LogP contribution in [0.2, 0.25) is 0 Å². The van der Waals surface area contributed by atoms with Crippen LogP contribution in [0.4, 0.5) is 0 Å². The number of hydrogen-bond acceptors (Lipinski definition) is 4. The summed E-state index contributed by atoms with van der Waals surface area (Å²) in [5.41, 5.74) is 0. The van der Waals surface area contributed by atoms with E-state index < -0.39 is 6.10 Å². The number of likely N-dealkylation sites (N-methyl/N-ethyl adjacent to an activating group) is 1. The van der Waals surface area contributed by atoms with Crippen LogP contribution in [0.15, 0.2) is 54.6 Å². The first-order valence-corrected chi connectivity index (χ1v) is 7.98. The lowest BCUT2D eigenvalue weighted by Crippen LogP contribution is -2.45. The van der Waals surface area contributed by atoms with Crippen LogP contribution in [0.1, 0.15) is 6.92 Å². The molecule has 5 heteroatoms. The van der Waals surface area contributed by atoms with Crippen molar-refractivity contribution in [3.63, 3.8) is 0 Å². The van der Waals surface area contributed by atoms with Gasteiger partial charge in [0.2, 0.25) is 0 Å². The van der Waals surface area contributed by atoms with Gasteiger partial charge in [0.15, 0.2) is 23.7 Å². The molecule has 1 amide bonds. The van der Waals surface area contributed by atoms with E-state index in [0.29, 0.717) is 24.7 Å². The zero-order chi connectivity index (χ0) is 16.9. The SMILES string of the molecule is CC(Oc1ccccc1)C(=O)N(C)CC1COc2ccccc2O1. The predicted molar refractivity (Wildman–Crippen MR) is 90.5 cm³/mol. The van der Waals surface area contributed by atoms with Crippen LogP contribution in [-0.4, -0.2) is 43.2 Å². The lowest BCUT2D eigenvalue weighted by Gasteiger charge is -2.30. The molecule has 0 spiro atoms. The van der Waals surface area contributed by atoms with Crippen LogP contribution in [-0.2, 0) is 4.79 Å². The molecule has 2 aromatic carbocycles. The van der Waals surface area contributed by atoms with Crippen molar-refractivity contribution >= 4 is 5.91 Å². The molecule has 0 radical (unpaired) electrons. The number of hydrogen-bond donors (Lipinski definition) is 0. The Morgan fingerprint density at radius 2 is 1.83 bits per heavy atom. The minimum Gasteiger partial charge on any atom is -0.486 e. The summed E-state index contributed by atoms with van der Waals surface area (Å²) < 4.78 is 17.2. The van der Waals surface area contributed by atoms with E-state index in [-0.39, 0.29) is 12.0 Å². The first-order chi connectivity index (χ1) is 11.6. The Hall–Kier alpha value is -2.69. The molecule has 2 atom stereocenters. The molecule has 0 fully saturated rings. The lowest BCUT2D eigenvalue weighted by atomic mass is 10.2. The van der Waals surface area contributed by atoms with Gasteiger partial charge in [-0.2, -0.15) is 0 Å². The molecule has 1 aliphatic rings. The molecule has 1 aliphatic heterocycles. The van der Waals surface area contributed by atoms with E-state index in [0.717, 1.165) is 5.75 Å². The van der Waals surface area contributed by atoms with Gasteiger partial charge in [0.25, 0.3) is 5.91 Å². The number of para-hydroxylation sites is 3. The Balaban J connectivity index is 1.55. The molecule has 0 bridgehead atoms. The summed E-state index contributed by atoms with van der Waals surface area (Å²) in [7, 11) is 1.75. The van der Waals surface area contributed by atoms with E-state index in [2.05, 4.69) is 0 Å². The number of carbonyl (C=O) groups excluding carboxylic acids is 1. The van der Waals surface area contributed by atoms with Gasteiger partial charge in [-0.05, 0) is 31.2 Å². The molecule has 0 aromatic heterocycles. The van der Waals surface area contributed by atoms with Crippen molar-refractivity contribution in [1.29, 1.82) is 0 Å². The smallest absolute Gasteiger partial charge is 0.263 e. The van der Waals surface area contributed by atoms with Gasteiger partial charge in [0, 0.05) is 7.05 Å². The Bertz CT molecular complexity index is 689. The zero-order valence-corrected chi connectivity index (χ0v) is 13.8. The molecule has 2 unspecified atom stereocenters. The molecule has 24 heavy (non-hydrogen) atoms. The van der Waals surface area contributed by atoms with Gasteiger partial charge in [-0.15, -0.1) is 0 Å². The fraction of sp³-hybridized carbons (Fsp3) is 0.316. The Morgan fingerprint density at radius 3 is 2.58 bits per heavy atom. The number of benzene rings is 2. The Morgan fingerprint density at radius 1 is 1.17 bits per heavy atom. The second kappa shape index (κ2) is 7.25.